The Bertz CT molecular complexity index is 422. The predicted octanol–water partition coefficient (Wildman–Crippen LogP) is 8.69. The minimum atomic E-state index is -0.733. The molecule has 0 aliphatic rings. The highest BCUT2D eigenvalue weighted by molar-refractivity contribution is 5.78. The average molecular weight is 455 g/mol. The normalized spacial score (nSPS) is 12.0. The van der Waals surface area contributed by atoms with E-state index in [9.17, 15) is 9.59 Å². The highest BCUT2D eigenvalue weighted by Crippen LogP contribution is 2.16. The van der Waals surface area contributed by atoms with E-state index < -0.39 is 18.0 Å². The second kappa shape index (κ2) is 24.6. The van der Waals surface area contributed by atoms with E-state index in [2.05, 4.69) is 6.92 Å². The van der Waals surface area contributed by atoms with E-state index in [0.717, 1.165) is 12.8 Å². The van der Waals surface area contributed by atoms with Crippen molar-refractivity contribution in [2.24, 2.45) is 0 Å². The van der Waals surface area contributed by atoms with Gasteiger partial charge in [0.25, 0.3) is 0 Å². The molecule has 0 aliphatic heterocycles. The van der Waals surface area contributed by atoms with Crippen LogP contribution in [0.2, 0.25) is 0 Å². The van der Waals surface area contributed by atoms with Crippen molar-refractivity contribution in [3.63, 3.8) is 0 Å². The van der Waals surface area contributed by atoms with Crippen LogP contribution in [0.1, 0.15) is 156 Å². The zero-order chi connectivity index (χ0) is 23.7. The van der Waals surface area contributed by atoms with E-state index in [4.69, 9.17) is 9.47 Å². The van der Waals surface area contributed by atoms with Crippen LogP contribution in [0.25, 0.3) is 0 Å². The van der Waals surface area contributed by atoms with Crippen molar-refractivity contribution in [3.05, 3.63) is 0 Å². The summed E-state index contributed by atoms with van der Waals surface area (Å²) in [6, 6.07) is 0. The Hall–Kier alpha value is -1.06. The summed E-state index contributed by atoms with van der Waals surface area (Å²) in [5, 5.41) is 0. The molecule has 4 nitrogen and oxygen atoms in total. The molecule has 1 atom stereocenters. The Morgan fingerprint density at radius 3 is 1.22 bits per heavy atom. The maximum absolute atomic E-state index is 11.8. The molecule has 0 unspecified atom stereocenters. The highest BCUT2D eigenvalue weighted by Gasteiger charge is 2.22. The van der Waals surface area contributed by atoms with E-state index in [1.807, 2.05) is 0 Å². The van der Waals surface area contributed by atoms with Crippen LogP contribution >= 0.6 is 0 Å². The van der Waals surface area contributed by atoms with Crippen LogP contribution in [0, 0.1) is 0 Å². The first-order valence-electron chi connectivity index (χ1n) is 14.0. The summed E-state index contributed by atoms with van der Waals surface area (Å²) < 4.78 is 10.1. The van der Waals surface area contributed by atoms with Gasteiger partial charge in [-0.05, 0) is 19.8 Å². The van der Waals surface area contributed by atoms with Crippen molar-refractivity contribution in [1.29, 1.82) is 0 Å². The third kappa shape index (κ3) is 22.1. The molecule has 0 N–H and O–H groups in total. The number of rotatable bonds is 24. The molecule has 0 bridgehead atoms. The molecule has 0 spiro atoms. The summed E-state index contributed by atoms with van der Waals surface area (Å²) in [6.07, 6.45) is 26.8. The summed E-state index contributed by atoms with van der Waals surface area (Å²) in [5.74, 6) is -0.836. The highest BCUT2D eigenvalue weighted by atomic mass is 16.6. The van der Waals surface area contributed by atoms with Crippen LogP contribution in [0.5, 0.6) is 0 Å². The van der Waals surface area contributed by atoms with E-state index in [1.165, 1.54) is 122 Å². The molecule has 0 aromatic carbocycles. The van der Waals surface area contributed by atoms with Gasteiger partial charge in [0.2, 0.25) is 0 Å². The lowest BCUT2D eigenvalue weighted by Gasteiger charge is -2.15. The van der Waals surface area contributed by atoms with Gasteiger partial charge in [-0.2, -0.15) is 0 Å². The van der Waals surface area contributed by atoms with Gasteiger partial charge >= 0.3 is 11.9 Å². The molecule has 190 valence electrons. The second-order valence-electron chi connectivity index (χ2n) is 9.36. The lowest BCUT2D eigenvalue weighted by molar-refractivity contribution is -0.166. The summed E-state index contributed by atoms with van der Waals surface area (Å²) in [4.78, 5) is 23.0. The van der Waals surface area contributed by atoms with Crippen molar-refractivity contribution in [1.82, 2.24) is 0 Å². The van der Waals surface area contributed by atoms with Gasteiger partial charge in [0.05, 0.1) is 6.61 Å². The average Bonchev–Trinajstić information content (AvgIpc) is 2.76. The zero-order valence-electron chi connectivity index (χ0n) is 21.8. The van der Waals surface area contributed by atoms with E-state index in [1.54, 1.807) is 6.92 Å². The van der Waals surface area contributed by atoms with Crippen LogP contribution in [-0.4, -0.2) is 24.6 Å². The minimum absolute atomic E-state index is 0.315. The van der Waals surface area contributed by atoms with Crippen LogP contribution in [0.15, 0.2) is 0 Å². The largest absolute Gasteiger partial charge is 0.463 e. The SMILES string of the molecule is CCCCCCCCCCCCCCCCCCCCCC[C@H](OC(C)=O)C(=O)OCC. The Kier molecular flexibility index (Phi) is 23.8. The number of carbonyl (C=O) groups excluding carboxylic acids is 2. The van der Waals surface area contributed by atoms with Gasteiger partial charge in [-0.1, -0.05) is 129 Å². The van der Waals surface area contributed by atoms with E-state index in [-0.39, 0.29) is 0 Å². The van der Waals surface area contributed by atoms with Gasteiger partial charge in [0.15, 0.2) is 6.10 Å². The Morgan fingerprint density at radius 2 is 0.906 bits per heavy atom. The number of hydrogen-bond donors (Lipinski definition) is 0. The fourth-order valence-corrected chi connectivity index (χ4v) is 4.25. The maximum atomic E-state index is 11.8. The fraction of sp³-hybridized carbons (Fsp3) is 0.929. The molecule has 32 heavy (non-hydrogen) atoms. The van der Waals surface area contributed by atoms with Gasteiger partial charge in [-0.15, -0.1) is 0 Å². The van der Waals surface area contributed by atoms with Gasteiger partial charge in [-0.3, -0.25) is 4.79 Å². The molecular formula is C28H54O4. The molecular weight excluding hydrogens is 400 g/mol. The molecule has 0 heterocycles. The minimum Gasteiger partial charge on any atom is -0.463 e. The smallest absolute Gasteiger partial charge is 0.347 e. The molecule has 0 saturated heterocycles. The van der Waals surface area contributed by atoms with Crippen LogP contribution in [0.3, 0.4) is 0 Å². The first-order chi connectivity index (χ1) is 15.6. The third-order valence-corrected chi connectivity index (χ3v) is 6.18. The molecule has 0 radical (unpaired) electrons. The number of carbonyl (C=O) groups is 2. The van der Waals surface area contributed by atoms with E-state index >= 15 is 0 Å². The Labute approximate surface area is 199 Å². The molecule has 4 heteroatoms. The number of esters is 2. The third-order valence-electron chi connectivity index (χ3n) is 6.18. The Morgan fingerprint density at radius 1 is 0.562 bits per heavy atom. The molecule has 0 aliphatic carbocycles. The lowest BCUT2D eigenvalue weighted by Crippen LogP contribution is -2.28. The quantitative estimate of drug-likeness (QED) is 0.108. The van der Waals surface area contributed by atoms with Crippen LogP contribution < -0.4 is 0 Å². The van der Waals surface area contributed by atoms with Crippen molar-refractivity contribution in [2.75, 3.05) is 6.61 Å². The van der Waals surface area contributed by atoms with Gasteiger partial charge in [0.1, 0.15) is 0 Å². The first-order valence-corrected chi connectivity index (χ1v) is 14.0. The van der Waals surface area contributed by atoms with Crippen molar-refractivity contribution >= 4 is 11.9 Å². The molecule has 0 fully saturated rings. The van der Waals surface area contributed by atoms with Crippen molar-refractivity contribution in [2.45, 2.75) is 162 Å². The van der Waals surface area contributed by atoms with Crippen molar-refractivity contribution in [3.8, 4) is 0 Å². The van der Waals surface area contributed by atoms with Crippen LogP contribution in [0.4, 0.5) is 0 Å². The topological polar surface area (TPSA) is 52.6 Å². The summed E-state index contributed by atoms with van der Waals surface area (Å²) in [7, 11) is 0. The van der Waals surface area contributed by atoms with Crippen molar-refractivity contribution < 1.29 is 19.1 Å². The number of ether oxygens (including phenoxy) is 2. The summed E-state index contributed by atoms with van der Waals surface area (Å²) in [5.41, 5.74) is 0. The molecule has 0 saturated carbocycles. The lowest BCUT2D eigenvalue weighted by atomic mass is 10.0. The maximum Gasteiger partial charge on any atom is 0.347 e. The predicted molar refractivity (Wildman–Crippen MR) is 135 cm³/mol. The van der Waals surface area contributed by atoms with Gasteiger partial charge < -0.3 is 9.47 Å². The summed E-state index contributed by atoms with van der Waals surface area (Å²) in [6.45, 7) is 5.70. The fourth-order valence-electron chi connectivity index (χ4n) is 4.25. The molecule has 0 aromatic heterocycles. The van der Waals surface area contributed by atoms with Crippen LogP contribution in [-0.2, 0) is 19.1 Å². The van der Waals surface area contributed by atoms with Gasteiger partial charge in [-0.25, -0.2) is 4.79 Å². The number of unbranched alkanes of at least 4 members (excludes halogenated alkanes) is 19. The van der Waals surface area contributed by atoms with E-state index in [0.29, 0.717) is 13.0 Å². The second-order valence-corrected chi connectivity index (χ2v) is 9.36. The molecule has 0 rings (SSSR count). The Balaban J connectivity index is 3.33. The molecule has 0 amide bonds. The zero-order valence-corrected chi connectivity index (χ0v) is 21.8. The first kappa shape index (κ1) is 30.9. The number of hydrogen-bond acceptors (Lipinski definition) is 4. The standard InChI is InChI=1S/C28H54O4/c1-4-6-7-8-9-10-11-12-13-14-15-16-17-18-19-20-21-22-23-24-25-27(32-26(3)29)28(30)31-5-2/h27H,4-25H2,1-3H3/t27-/m0/s1. The van der Waals surface area contributed by atoms with Gasteiger partial charge in [0, 0.05) is 6.92 Å². The monoisotopic (exact) mass is 454 g/mol. The summed E-state index contributed by atoms with van der Waals surface area (Å²) >= 11 is 0. The molecule has 0 aromatic rings.